The Morgan fingerprint density at radius 1 is 1.26 bits per heavy atom. The van der Waals surface area contributed by atoms with Crippen LogP contribution in [-0.4, -0.2) is 24.5 Å². The van der Waals surface area contributed by atoms with E-state index < -0.39 is 8.07 Å². The van der Waals surface area contributed by atoms with E-state index in [0.717, 1.165) is 13.0 Å². The van der Waals surface area contributed by atoms with Crippen molar-refractivity contribution in [3.8, 4) is 0 Å². The predicted molar refractivity (Wildman–Crippen MR) is 83.2 cm³/mol. The van der Waals surface area contributed by atoms with Gasteiger partial charge in [0.25, 0.3) is 0 Å². The van der Waals surface area contributed by atoms with Crippen molar-refractivity contribution in [3.05, 3.63) is 30.0 Å². The van der Waals surface area contributed by atoms with Gasteiger partial charge in [0.1, 0.15) is 6.73 Å². The van der Waals surface area contributed by atoms with Crippen LogP contribution in [-0.2, 0) is 17.9 Å². The number of nitrogens with zero attached hydrogens (tertiary/aromatic N) is 2. The summed E-state index contributed by atoms with van der Waals surface area (Å²) in [6.45, 7) is 10.7. The summed E-state index contributed by atoms with van der Waals surface area (Å²) in [5, 5.41) is 5.69. The zero-order chi connectivity index (χ0) is 13.9. The highest BCUT2D eigenvalue weighted by Gasteiger charge is 2.12. The summed E-state index contributed by atoms with van der Waals surface area (Å²) >= 11 is 0. The van der Waals surface area contributed by atoms with E-state index in [2.05, 4.69) is 49.9 Å². The molecule has 1 aromatic heterocycles. The van der Waals surface area contributed by atoms with Gasteiger partial charge in [0.05, 0.1) is 11.7 Å². The molecule has 104 valence electrons. The Morgan fingerprint density at radius 2 is 2.05 bits per heavy atom. The van der Waals surface area contributed by atoms with Crippen LogP contribution in [0.25, 0.3) is 10.9 Å². The van der Waals surface area contributed by atoms with Crippen LogP contribution < -0.4 is 0 Å². The van der Waals surface area contributed by atoms with E-state index in [1.807, 2.05) is 10.9 Å². The Bertz CT molecular complexity index is 543. The van der Waals surface area contributed by atoms with Crippen molar-refractivity contribution in [2.75, 3.05) is 6.61 Å². The van der Waals surface area contributed by atoms with Crippen molar-refractivity contribution in [1.29, 1.82) is 0 Å². The maximum atomic E-state index is 5.77. The summed E-state index contributed by atoms with van der Waals surface area (Å²) in [5.41, 5.74) is 2.53. The minimum atomic E-state index is -1.00. The molecule has 0 fully saturated rings. The van der Waals surface area contributed by atoms with Crippen molar-refractivity contribution in [3.63, 3.8) is 0 Å². The molecule has 2 rings (SSSR count). The molecule has 4 heteroatoms. The smallest absolute Gasteiger partial charge is 0.139 e. The Morgan fingerprint density at radius 3 is 2.74 bits per heavy atom. The van der Waals surface area contributed by atoms with Crippen molar-refractivity contribution in [1.82, 2.24) is 9.78 Å². The number of rotatable bonds is 6. The number of benzene rings is 1. The van der Waals surface area contributed by atoms with Gasteiger partial charge in [0.2, 0.25) is 0 Å². The third-order valence-electron chi connectivity index (χ3n) is 3.37. The quantitative estimate of drug-likeness (QED) is 0.591. The third-order valence-corrected chi connectivity index (χ3v) is 5.07. The Balaban J connectivity index is 2.02. The van der Waals surface area contributed by atoms with Crippen LogP contribution in [0.4, 0.5) is 0 Å². The molecule has 1 aromatic carbocycles. The fourth-order valence-corrected chi connectivity index (χ4v) is 2.86. The number of fused-ring (bicyclic) bond motifs is 1. The lowest BCUT2D eigenvalue weighted by Crippen LogP contribution is -2.22. The van der Waals surface area contributed by atoms with Gasteiger partial charge < -0.3 is 4.74 Å². The lowest BCUT2D eigenvalue weighted by molar-refractivity contribution is 0.0817. The van der Waals surface area contributed by atoms with Gasteiger partial charge in [-0.2, -0.15) is 5.10 Å². The molecule has 0 aliphatic rings. The molecule has 0 saturated carbocycles. The monoisotopic (exact) mass is 276 g/mol. The molecule has 0 aliphatic heterocycles. The first-order valence-corrected chi connectivity index (χ1v) is 10.7. The number of ether oxygens (including phenoxy) is 1. The van der Waals surface area contributed by atoms with Crippen LogP contribution in [0.3, 0.4) is 0 Å². The summed E-state index contributed by atoms with van der Waals surface area (Å²) in [6, 6.07) is 7.58. The van der Waals surface area contributed by atoms with E-state index >= 15 is 0 Å². The van der Waals surface area contributed by atoms with Gasteiger partial charge in [-0.05, 0) is 24.1 Å². The van der Waals surface area contributed by atoms with E-state index in [1.54, 1.807) is 0 Å². The van der Waals surface area contributed by atoms with Gasteiger partial charge in [-0.15, -0.1) is 0 Å². The molecule has 0 aliphatic carbocycles. The van der Waals surface area contributed by atoms with E-state index in [9.17, 15) is 0 Å². The van der Waals surface area contributed by atoms with Crippen molar-refractivity contribution >= 4 is 19.0 Å². The minimum absolute atomic E-state index is 0.557. The van der Waals surface area contributed by atoms with Crippen molar-refractivity contribution < 1.29 is 4.74 Å². The molecule has 0 saturated heterocycles. The third kappa shape index (κ3) is 3.67. The number of hydrogen-bond donors (Lipinski definition) is 0. The molecular formula is C15H24N2OSi. The maximum Gasteiger partial charge on any atom is 0.139 e. The molecular weight excluding hydrogens is 252 g/mol. The largest absolute Gasteiger partial charge is 0.360 e. The van der Waals surface area contributed by atoms with Gasteiger partial charge in [-0.1, -0.05) is 38.7 Å². The average molecular weight is 276 g/mol. The standard InChI is InChI=1S/C15H24N2OSi/c1-5-13-7-6-8-15-14(13)11-16-17(15)12-18-9-10-19(2,3)4/h6-8,11H,5,9-10,12H2,1-4H3. The van der Waals surface area contributed by atoms with E-state index in [4.69, 9.17) is 4.74 Å². The average Bonchev–Trinajstić information content (AvgIpc) is 2.76. The molecule has 3 nitrogen and oxygen atoms in total. The zero-order valence-electron chi connectivity index (χ0n) is 12.4. The first-order chi connectivity index (χ1) is 9.01. The highest BCUT2D eigenvalue weighted by atomic mass is 28.3. The number of aromatic nitrogens is 2. The molecule has 0 spiro atoms. The van der Waals surface area contributed by atoms with Crippen LogP contribution in [0.5, 0.6) is 0 Å². The van der Waals surface area contributed by atoms with Crippen LogP contribution in [0, 0.1) is 0 Å². The van der Waals surface area contributed by atoms with Gasteiger partial charge >= 0.3 is 0 Å². The van der Waals surface area contributed by atoms with Gasteiger partial charge in [-0.3, -0.25) is 0 Å². The normalized spacial score (nSPS) is 12.2. The molecule has 0 radical (unpaired) electrons. The molecule has 0 bridgehead atoms. The zero-order valence-corrected chi connectivity index (χ0v) is 13.4. The summed E-state index contributed by atoms with van der Waals surface area (Å²) in [7, 11) is -1.00. The fraction of sp³-hybridized carbons (Fsp3) is 0.533. The molecule has 0 amide bonds. The molecule has 0 N–H and O–H groups in total. The van der Waals surface area contributed by atoms with E-state index in [-0.39, 0.29) is 0 Å². The SMILES string of the molecule is CCc1cccc2c1cnn2COCC[Si](C)(C)C. The first-order valence-electron chi connectivity index (χ1n) is 7.02. The molecule has 2 aromatic rings. The second-order valence-electron chi connectivity index (χ2n) is 6.20. The lowest BCUT2D eigenvalue weighted by Gasteiger charge is -2.15. The summed E-state index contributed by atoms with van der Waals surface area (Å²) in [6.07, 6.45) is 3.00. The van der Waals surface area contributed by atoms with Crippen LogP contribution in [0.1, 0.15) is 12.5 Å². The highest BCUT2D eigenvalue weighted by molar-refractivity contribution is 6.76. The first kappa shape index (κ1) is 14.3. The van der Waals surface area contributed by atoms with Gasteiger partial charge in [0, 0.05) is 20.1 Å². The summed E-state index contributed by atoms with van der Waals surface area (Å²) in [4.78, 5) is 0. The maximum absolute atomic E-state index is 5.77. The second kappa shape index (κ2) is 5.88. The molecule has 0 atom stereocenters. The lowest BCUT2D eigenvalue weighted by atomic mass is 10.1. The van der Waals surface area contributed by atoms with Crippen LogP contribution in [0.15, 0.2) is 24.4 Å². The van der Waals surface area contributed by atoms with E-state index in [0.29, 0.717) is 6.73 Å². The Labute approximate surface area is 116 Å². The fourth-order valence-electron chi connectivity index (χ4n) is 2.10. The number of hydrogen-bond acceptors (Lipinski definition) is 2. The molecule has 0 unspecified atom stereocenters. The molecule has 19 heavy (non-hydrogen) atoms. The summed E-state index contributed by atoms with van der Waals surface area (Å²) in [5.74, 6) is 0. The Hall–Kier alpha value is -1.13. The Kier molecular flexibility index (Phi) is 4.42. The minimum Gasteiger partial charge on any atom is -0.360 e. The van der Waals surface area contributed by atoms with Crippen LogP contribution >= 0.6 is 0 Å². The van der Waals surface area contributed by atoms with Crippen molar-refractivity contribution in [2.45, 2.75) is 45.8 Å². The van der Waals surface area contributed by atoms with E-state index in [1.165, 1.54) is 22.5 Å². The summed E-state index contributed by atoms with van der Waals surface area (Å²) < 4.78 is 7.73. The van der Waals surface area contributed by atoms with Gasteiger partial charge in [-0.25, -0.2) is 4.68 Å². The molecule has 1 heterocycles. The number of aryl methyl sites for hydroxylation is 1. The highest BCUT2D eigenvalue weighted by Crippen LogP contribution is 2.19. The topological polar surface area (TPSA) is 27.1 Å². The predicted octanol–water partition coefficient (Wildman–Crippen LogP) is 3.91. The van der Waals surface area contributed by atoms with Gasteiger partial charge in [0.15, 0.2) is 0 Å². The second-order valence-corrected chi connectivity index (χ2v) is 11.8. The van der Waals surface area contributed by atoms with Crippen LogP contribution in [0.2, 0.25) is 25.7 Å². The van der Waals surface area contributed by atoms with Crippen molar-refractivity contribution in [2.24, 2.45) is 0 Å².